The number of amides is 1. The van der Waals surface area contributed by atoms with E-state index in [1.807, 2.05) is 57.2 Å². The predicted octanol–water partition coefficient (Wildman–Crippen LogP) is 5.04. The Hall–Kier alpha value is -2.27. The number of ketones is 1. The summed E-state index contributed by atoms with van der Waals surface area (Å²) < 4.78 is 5.16. The van der Waals surface area contributed by atoms with E-state index in [2.05, 4.69) is 5.32 Å². The zero-order valence-corrected chi connectivity index (χ0v) is 16.5. The highest BCUT2D eigenvalue weighted by Crippen LogP contribution is 2.25. The SMILES string of the molecule is COc1cccc(C(=O)CSc2cccc(NC(=O)CC(C)(C)C)c2)c1. The molecule has 0 atom stereocenters. The van der Waals surface area contributed by atoms with Gasteiger partial charge in [-0.25, -0.2) is 0 Å². The first-order valence-electron chi connectivity index (χ1n) is 8.47. The Labute approximate surface area is 159 Å². The maximum absolute atomic E-state index is 12.4. The van der Waals surface area contributed by atoms with Crippen molar-refractivity contribution in [3.8, 4) is 5.75 Å². The predicted molar refractivity (Wildman–Crippen MR) is 107 cm³/mol. The molecule has 0 bridgehead atoms. The van der Waals surface area contributed by atoms with Crippen molar-refractivity contribution in [2.24, 2.45) is 5.41 Å². The number of hydrogen-bond acceptors (Lipinski definition) is 4. The number of thioether (sulfide) groups is 1. The molecule has 5 heteroatoms. The molecule has 4 nitrogen and oxygen atoms in total. The van der Waals surface area contributed by atoms with E-state index < -0.39 is 0 Å². The van der Waals surface area contributed by atoms with Crippen LogP contribution in [0.5, 0.6) is 5.75 Å². The topological polar surface area (TPSA) is 55.4 Å². The van der Waals surface area contributed by atoms with Crippen molar-refractivity contribution in [2.45, 2.75) is 32.1 Å². The lowest BCUT2D eigenvalue weighted by Gasteiger charge is -2.17. The fourth-order valence-electron chi connectivity index (χ4n) is 2.38. The van der Waals surface area contributed by atoms with E-state index >= 15 is 0 Å². The van der Waals surface area contributed by atoms with Crippen LogP contribution in [0.1, 0.15) is 37.6 Å². The number of methoxy groups -OCH3 is 1. The fraction of sp³-hybridized carbons (Fsp3) is 0.333. The quantitative estimate of drug-likeness (QED) is 0.547. The minimum atomic E-state index is -0.0559. The standard InChI is InChI=1S/C21H25NO3S/c1-21(2,3)13-20(24)22-16-8-6-10-18(12-16)26-14-19(23)15-7-5-9-17(11-15)25-4/h5-12H,13-14H2,1-4H3,(H,22,24). The molecule has 26 heavy (non-hydrogen) atoms. The first-order valence-corrected chi connectivity index (χ1v) is 9.45. The van der Waals surface area contributed by atoms with Crippen LogP contribution >= 0.6 is 11.8 Å². The van der Waals surface area contributed by atoms with Crippen LogP contribution in [-0.4, -0.2) is 24.6 Å². The highest BCUT2D eigenvalue weighted by atomic mass is 32.2. The third kappa shape index (κ3) is 6.56. The highest BCUT2D eigenvalue weighted by molar-refractivity contribution is 8.00. The van der Waals surface area contributed by atoms with Crippen molar-refractivity contribution in [3.63, 3.8) is 0 Å². The lowest BCUT2D eigenvalue weighted by Crippen LogP contribution is -2.19. The van der Waals surface area contributed by atoms with Gasteiger partial charge >= 0.3 is 0 Å². The Bertz CT molecular complexity index is 781. The molecule has 1 amide bonds. The monoisotopic (exact) mass is 371 g/mol. The van der Waals surface area contributed by atoms with E-state index in [1.54, 1.807) is 19.2 Å². The van der Waals surface area contributed by atoms with Gasteiger partial charge in [-0.05, 0) is 35.7 Å². The molecule has 0 fully saturated rings. The van der Waals surface area contributed by atoms with Gasteiger partial charge in [0, 0.05) is 22.6 Å². The van der Waals surface area contributed by atoms with Gasteiger partial charge in [-0.15, -0.1) is 11.8 Å². The molecule has 2 rings (SSSR count). The zero-order chi connectivity index (χ0) is 19.2. The average Bonchev–Trinajstić information content (AvgIpc) is 2.58. The summed E-state index contributed by atoms with van der Waals surface area (Å²) >= 11 is 1.45. The van der Waals surface area contributed by atoms with Gasteiger partial charge in [0.1, 0.15) is 5.75 Å². The summed E-state index contributed by atoms with van der Waals surface area (Å²) in [4.78, 5) is 25.4. The third-order valence-corrected chi connectivity index (χ3v) is 4.56. The number of hydrogen-bond donors (Lipinski definition) is 1. The van der Waals surface area contributed by atoms with Crippen molar-refractivity contribution in [1.82, 2.24) is 0 Å². The van der Waals surface area contributed by atoms with Crippen molar-refractivity contribution in [3.05, 3.63) is 54.1 Å². The lowest BCUT2D eigenvalue weighted by molar-refractivity contribution is -0.117. The first-order chi connectivity index (χ1) is 12.3. The highest BCUT2D eigenvalue weighted by Gasteiger charge is 2.16. The van der Waals surface area contributed by atoms with Crippen LogP contribution in [-0.2, 0) is 4.79 Å². The number of ether oxygens (including phenoxy) is 1. The van der Waals surface area contributed by atoms with Gasteiger partial charge in [0.15, 0.2) is 5.78 Å². The van der Waals surface area contributed by atoms with Crippen LogP contribution < -0.4 is 10.1 Å². The molecule has 1 N–H and O–H groups in total. The van der Waals surface area contributed by atoms with Crippen LogP contribution in [0.3, 0.4) is 0 Å². The lowest BCUT2D eigenvalue weighted by atomic mass is 9.92. The Kier molecular flexibility index (Phi) is 6.86. The maximum atomic E-state index is 12.4. The molecule has 138 valence electrons. The summed E-state index contributed by atoms with van der Waals surface area (Å²) in [5.74, 6) is 1.03. The van der Waals surface area contributed by atoms with E-state index in [0.717, 1.165) is 10.6 Å². The Morgan fingerprint density at radius 3 is 2.50 bits per heavy atom. The van der Waals surface area contributed by atoms with Crippen molar-refractivity contribution in [1.29, 1.82) is 0 Å². The van der Waals surface area contributed by atoms with E-state index in [1.165, 1.54) is 11.8 Å². The molecule has 0 unspecified atom stereocenters. The summed E-state index contributed by atoms with van der Waals surface area (Å²) in [6, 6.07) is 14.7. The van der Waals surface area contributed by atoms with Gasteiger partial charge in [0.25, 0.3) is 0 Å². The molecule has 0 aliphatic carbocycles. The minimum Gasteiger partial charge on any atom is -0.497 e. The molecule has 0 radical (unpaired) electrons. The zero-order valence-electron chi connectivity index (χ0n) is 15.7. The second-order valence-corrected chi connectivity index (χ2v) is 8.31. The smallest absolute Gasteiger partial charge is 0.224 e. The van der Waals surface area contributed by atoms with Crippen molar-refractivity contribution >= 4 is 29.1 Å². The van der Waals surface area contributed by atoms with Gasteiger partial charge in [-0.2, -0.15) is 0 Å². The van der Waals surface area contributed by atoms with Crippen LogP contribution in [0.4, 0.5) is 5.69 Å². The van der Waals surface area contributed by atoms with Crippen LogP contribution in [0.2, 0.25) is 0 Å². The van der Waals surface area contributed by atoms with Gasteiger partial charge in [-0.1, -0.05) is 39.0 Å². The van der Waals surface area contributed by atoms with Gasteiger partial charge in [-0.3, -0.25) is 9.59 Å². The molecule has 0 spiro atoms. The van der Waals surface area contributed by atoms with E-state index in [-0.39, 0.29) is 17.1 Å². The number of benzene rings is 2. The molecule has 0 aromatic heterocycles. The molecular weight excluding hydrogens is 346 g/mol. The maximum Gasteiger partial charge on any atom is 0.224 e. The number of carbonyl (C=O) groups excluding carboxylic acids is 2. The molecule has 0 saturated heterocycles. The molecular formula is C21H25NO3S. The Morgan fingerprint density at radius 2 is 1.81 bits per heavy atom. The largest absolute Gasteiger partial charge is 0.497 e. The molecule has 0 aliphatic rings. The van der Waals surface area contributed by atoms with E-state index in [9.17, 15) is 9.59 Å². The van der Waals surface area contributed by atoms with Crippen LogP contribution in [0.15, 0.2) is 53.4 Å². The number of rotatable bonds is 7. The average molecular weight is 372 g/mol. The summed E-state index contributed by atoms with van der Waals surface area (Å²) in [6.07, 6.45) is 0.457. The van der Waals surface area contributed by atoms with Gasteiger partial charge in [0.05, 0.1) is 12.9 Å². The molecule has 2 aromatic rings. The summed E-state index contributed by atoms with van der Waals surface area (Å²) in [5.41, 5.74) is 1.32. The summed E-state index contributed by atoms with van der Waals surface area (Å²) in [5, 5.41) is 2.92. The molecule has 0 heterocycles. The summed E-state index contributed by atoms with van der Waals surface area (Å²) in [6.45, 7) is 6.09. The molecule has 2 aromatic carbocycles. The second kappa shape index (κ2) is 8.90. The first kappa shape index (κ1) is 20.0. The number of anilines is 1. The number of Topliss-reactive ketones (excluding diaryl/α,β-unsaturated/α-hetero) is 1. The van der Waals surface area contributed by atoms with Gasteiger partial charge in [0.2, 0.25) is 5.91 Å². The van der Waals surface area contributed by atoms with Crippen molar-refractivity contribution < 1.29 is 14.3 Å². The fourth-order valence-corrected chi connectivity index (χ4v) is 3.23. The number of carbonyl (C=O) groups is 2. The molecule has 0 aliphatic heterocycles. The number of nitrogens with one attached hydrogen (secondary N) is 1. The minimum absolute atomic E-state index is 0.00731. The van der Waals surface area contributed by atoms with Crippen molar-refractivity contribution in [2.75, 3.05) is 18.2 Å². The van der Waals surface area contributed by atoms with Gasteiger partial charge < -0.3 is 10.1 Å². The Balaban J connectivity index is 1.95. The third-order valence-electron chi connectivity index (χ3n) is 3.57. The van der Waals surface area contributed by atoms with E-state index in [0.29, 0.717) is 23.5 Å². The normalized spacial score (nSPS) is 11.1. The Morgan fingerprint density at radius 1 is 1.08 bits per heavy atom. The summed E-state index contributed by atoms with van der Waals surface area (Å²) in [7, 11) is 1.58. The van der Waals surface area contributed by atoms with Crippen LogP contribution in [0, 0.1) is 5.41 Å². The van der Waals surface area contributed by atoms with Crippen LogP contribution in [0.25, 0.3) is 0 Å². The molecule has 0 saturated carbocycles. The van der Waals surface area contributed by atoms with E-state index in [4.69, 9.17) is 4.74 Å². The second-order valence-electron chi connectivity index (χ2n) is 7.26.